The molecule has 0 aromatic rings. The van der Waals surface area contributed by atoms with Crippen molar-refractivity contribution in [2.45, 2.75) is 274 Å². The third-order valence-electron chi connectivity index (χ3n) is 15.0. The number of nitrogens with zero attached hydrogens (tertiary/aromatic N) is 4. The first-order chi connectivity index (χ1) is 36.9. The van der Waals surface area contributed by atoms with Gasteiger partial charge in [0.1, 0.15) is 12.1 Å². The molecule has 2 atom stereocenters. The summed E-state index contributed by atoms with van der Waals surface area (Å²) < 4.78 is 0. The molecule has 0 aromatic heterocycles. The molecule has 0 fully saturated rings. The Morgan fingerprint density at radius 3 is 0.974 bits per heavy atom. The van der Waals surface area contributed by atoms with Crippen LogP contribution in [0.5, 0.6) is 0 Å². The lowest BCUT2D eigenvalue weighted by molar-refractivity contribution is -0.142. The molecule has 4 amide bonds. The smallest absolute Gasteiger partial charge is 0.243 e. The molecule has 0 radical (unpaired) electrons. The van der Waals surface area contributed by atoms with Gasteiger partial charge in [0.25, 0.3) is 0 Å². The topological polar surface area (TPSA) is 105 Å². The molecular formula is C66H124N6O4. The molecule has 0 rings (SSSR count). The predicted octanol–water partition coefficient (Wildman–Crippen LogP) is 15.6. The van der Waals surface area contributed by atoms with E-state index in [-0.39, 0.29) is 35.5 Å². The van der Waals surface area contributed by atoms with Gasteiger partial charge in [0.2, 0.25) is 23.6 Å². The highest BCUT2D eigenvalue weighted by atomic mass is 16.2. The molecule has 0 aliphatic carbocycles. The fourth-order valence-corrected chi connectivity index (χ4v) is 10.2. The van der Waals surface area contributed by atoms with Crippen molar-refractivity contribution in [1.82, 2.24) is 30.2 Å². The van der Waals surface area contributed by atoms with Crippen LogP contribution in [0.15, 0.2) is 48.6 Å². The van der Waals surface area contributed by atoms with Crippen LogP contribution < -0.4 is 10.6 Å². The summed E-state index contributed by atoms with van der Waals surface area (Å²) in [4.78, 5) is 64.2. The SMILES string of the molecule is CCCCC/C=C\C/C=C\CCCCCCCC(=O)N(CCCN(CC)CC)C(C(=O)NCCCCCCNC(=O)C(C(C)C)N(CCCN(CC)CC)C(=O)CCCCCCC/C=C\C/C=C\CCCCC)C(C)C. The van der Waals surface area contributed by atoms with Gasteiger partial charge in [-0.25, -0.2) is 0 Å². The van der Waals surface area contributed by atoms with Crippen LogP contribution in [0, 0.1) is 11.8 Å². The Morgan fingerprint density at radius 2 is 0.658 bits per heavy atom. The summed E-state index contributed by atoms with van der Waals surface area (Å²) >= 11 is 0. The van der Waals surface area contributed by atoms with Crippen LogP contribution in [0.25, 0.3) is 0 Å². The first-order valence-corrected chi connectivity index (χ1v) is 32.1. The number of hydrogen-bond acceptors (Lipinski definition) is 6. The van der Waals surface area contributed by atoms with Crippen LogP contribution in [-0.2, 0) is 19.2 Å². The van der Waals surface area contributed by atoms with E-state index in [1.54, 1.807) is 0 Å². The Hall–Kier alpha value is -3.24. The van der Waals surface area contributed by atoms with Gasteiger partial charge in [-0.2, -0.15) is 0 Å². The Balaban J connectivity index is 5.12. The zero-order chi connectivity index (χ0) is 56.3. The molecule has 0 spiro atoms. The van der Waals surface area contributed by atoms with E-state index < -0.39 is 12.1 Å². The molecule has 0 saturated heterocycles. The van der Waals surface area contributed by atoms with Gasteiger partial charge in [0.05, 0.1) is 0 Å². The summed E-state index contributed by atoms with van der Waals surface area (Å²) in [7, 11) is 0. The normalized spacial score (nSPS) is 13.0. The molecule has 0 heterocycles. The maximum absolute atomic E-state index is 13.9. The lowest BCUT2D eigenvalue weighted by atomic mass is 9.99. The molecule has 2 N–H and O–H groups in total. The van der Waals surface area contributed by atoms with E-state index in [1.807, 2.05) is 9.80 Å². The van der Waals surface area contributed by atoms with Crippen molar-refractivity contribution in [3.63, 3.8) is 0 Å². The number of rotatable bonds is 53. The van der Waals surface area contributed by atoms with Crippen molar-refractivity contribution in [3.05, 3.63) is 48.6 Å². The zero-order valence-corrected chi connectivity index (χ0v) is 51.6. The highest BCUT2D eigenvalue weighted by Gasteiger charge is 2.33. The zero-order valence-electron chi connectivity index (χ0n) is 51.6. The van der Waals surface area contributed by atoms with E-state index in [1.165, 1.54) is 77.0 Å². The fourth-order valence-electron chi connectivity index (χ4n) is 10.2. The first-order valence-electron chi connectivity index (χ1n) is 32.1. The predicted molar refractivity (Wildman–Crippen MR) is 329 cm³/mol. The van der Waals surface area contributed by atoms with E-state index in [2.05, 4.69) is 138 Å². The molecule has 2 unspecified atom stereocenters. The molecule has 0 aliphatic heterocycles. The van der Waals surface area contributed by atoms with Crippen molar-refractivity contribution in [2.75, 3.05) is 65.4 Å². The van der Waals surface area contributed by atoms with Crippen LogP contribution in [0.2, 0.25) is 0 Å². The van der Waals surface area contributed by atoms with Crippen LogP contribution in [0.1, 0.15) is 262 Å². The van der Waals surface area contributed by atoms with E-state index in [9.17, 15) is 19.2 Å². The van der Waals surface area contributed by atoms with Crippen molar-refractivity contribution < 1.29 is 19.2 Å². The Bertz CT molecular complexity index is 1390. The monoisotopic (exact) mass is 1060 g/mol. The molecule has 10 heteroatoms. The van der Waals surface area contributed by atoms with Crippen LogP contribution in [0.4, 0.5) is 0 Å². The van der Waals surface area contributed by atoms with Gasteiger partial charge in [-0.05, 0) is 154 Å². The fraction of sp³-hybridized carbons (Fsp3) is 0.818. The molecule has 0 saturated carbocycles. The number of carbonyl (C=O) groups is 4. The van der Waals surface area contributed by atoms with Gasteiger partial charge in [0.15, 0.2) is 0 Å². The minimum Gasteiger partial charge on any atom is -0.354 e. The van der Waals surface area contributed by atoms with Crippen molar-refractivity contribution in [3.8, 4) is 0 Å². The summed E-state index contributed by atoms with van der Waals surface area (Å²) in [5.74, 6) is 0.100. The number of amides is 4. The number of hydrogen-bond donors (Lipinski definition) is 2. The molecule has 442 valence electrons. The first kappa shape index (κ1) is 72.8. The minimum atomic E-state index is -0.491. The second kappa shape index (κ2) is 52.5. The Labute approximate surface area is 470 Å². The number of unbranched alkanes of at least 4 members (excludes halogenated alkanes) is 19. The van der Waals surface area contributed by atoms with Gasteiger partial charge in [-0.15, -0.1) is 0 Å². The van der Waals surface area contributed by atoms with Crippen LogP contribution in [-0.4, -0.2) is 121 Å². The molecule has 76 heavy (non-hydrogen) atoms. The molecule has 10 nitrogen and oxygen atoms in total. The van der Waals surface area contributed by atoms with Crippen LogP contribution in [0.3, 0.4) is 0 Å². The van der Waals surface area contributed by atoms with Gasteiger partial charge >= 0.3 is 0 Å². The van der Waals surface area contributed by atoms with E-state index >= 15 is 0 Å². The maximum Gasteiger partial charge on any atom is 0.243 e. The van der Waals surface area contributed by atoms with Gasteiger partial charge in [-0.1, -0.05) is 195 Å². The second-order valence-corrected chi connectivity index (χ2v) is 22.3. The van der Waals surface area contributed by atoms with Crippen molar-refractivity contribution in [2.24, 2.45) is 11.8 Å². The summed E-state index contributed by atoms with van der Waals surface area (Å²) in [5, 5.41) is 6.42. The van der Waals surface area contributed by atoms with E-state index in [4.69, 9.17) is 0 Å². The molecule has 0 aromatic carbocycles. The molecular weight excluding hydrogens is 941 g/mol. The maximum atomic E-state index is 13.9. The average molecular weight is 1070 g/mol. The van der Waals surface area contributed by atoms with Crippen molar-refractivity contribution in [1.29, 1.82) is 0 Å². The van der Waals surface area contributed by atoms with Gasteiger partial charge in [-0.3, -0.25) is 19.2 Å². The lowest BCUT2D eigenvalue weighted by Crippen LogP contribution is -2.53. The van der Waals surface area contributed by atoms with Gasteiger partial charge in [0, 0.05) is 39.0 Å². The summed E-state index contributed by atoms with van der Waals surface area (Å²) in [6.45, 7) is 29.5. The lowest BCUT2D eigenvalue weighted by Gasteiger charge is -2.34. The number of nitrogens with one attached hydrogen (secondary N) is 2. The molecule has 0 aliphatic rings. The highest BCUT2D eigenvalue weighted by molar-refractivity contribution is 5.88. The minimum absolute atomic E-state index is 0.000647. The summed E-state index contributed by atoms with van der Waals surface area (Å²) in [6, 6.07) is -0.981. The third kappa shape index (κ3) is 39.2. The van der Waals surface area contributed by atoms with E-state index in [0.29, 0.717) is 39.0 Å². The van der Waals surface area contributed by atoms with Crippen LogP contribution >= 0.6 is 0 Å². The number of carbonyl (C=O) groups excluding carboxylic acids is 4. The average Bonchev–Trinajstić information content (AvgIpc) is 3.40. The Kier molecular flexibility index (Phi) is 50.2. The highest BCUT2D eigenvalue weighted by Crippen LogP contribution is 2.19. The van der Waals surface area contributed by atoms with E-state index in [0.717, 1.165) is 142 Å². The summed E-state index contributed by atoms with van der Waals surface area (Å²) in [6.07, 6.45) is 49.8. The molecule has 0 bridgehead atoms. The Morgan fingerprint density at radius 1 is 0.355 bits per heavy atom. The third-order valence-corrected chi connectivity index (χ3v) is 15.0. The number of allylic oxidation sites excluding steroid dienone is 8. The summed E-state index contributed by atoms with van der Waals surface area (Å²) in [5.41, 5.74) is 0. The second-order valence-electron chi connectivity index (χ2n) is 22.3. The van der Waals surface area contributed by atoms with Crippen molar-refractivity contribution >= 4 is 23.6 Å². The largest absolute Gasteiger partial charge is 0.354 e. The van der Waals surface area contributed by atoms with Gasteiger partial charge < -0.3 is 30.2 Å². The standard InChI is InChI=1S/C66H124N6O4/c1-11-17-19-21-23-25-27-29-31-33-35-37-39-41-45-51-61(73)71(57-49-55-69(13-3)14-4)63(59(7)8)65(75)67-53-47-43-44-48-54-68-66(76)64(60(9)10)72(58-50-56-70(15-5)16-6)62(74)52-46-42-40-38-36-34-32-30-28-26-24-22-20-18-12-2/h23-26,29-32,59-60,63-64H,11-22,27-28,33-58H2,1-10H3,(H,67,75)(H,68,76)/b25-23-,26-24-,31-29-,32-30-. The quantitative estimate of drug-likeness (QED) is 0.0464.